The third-order valence-corrected chi connectivity index (χ3v) is 6.47. The van der Waals surface area contributed by atoms with E-state index >= 15 is 4.39 Å². The van der Waals surface area contributed by atoms with E-state index in [1.807, 2.05) is 4.90 Å². The van der Waals surface area contributed by atoms with E-state index in [9.17, 15) is 9.90 Å². The summed E-state index contributed by atoms with van der Waals surface area (Å²) in [7, 11) is 1.65. The van der Waals surface area contributed by atoms with Crippen LogP contribution in [0.25, 0.3) is 0 Å². The Labute approximate surface area is 202 Å². The quantitative estimate of drug-likeness (QED) is 0.474. The van der Waals surface area contributed by atoms with Crippen LogP contribution in [0.2, 0.25) is 0 Å². The molecule has 2 N–H and O–H groups in total. The SMILES string of the molecule is CCCCOc1ccc(C(=O)N(C)c2ccc(N3CCC(NC(CO)C(C)C)C3)c(F)c2)cc1. The number of halogens is 1. The maximum atomic E-state index is 15.1. The Hall–Kier alpha value is -2.64. The van der Waals surface area contributed by atoms with Gasteiger partial charge in [-0.1, -0.05) is 27.2 Å². The molecule has 0 saturated carbocycles. The summed E-state index contributed by atoms with van der Waals surface area (Å²) in [5.74, 6) is 0.509. The molecule has 1 saturated heterocycles. The standard InChI is InChI=1S/C27H38FN3O3/c1-5-6-15-34-23-10-7-20(8-11-23)27(33)30(4)22-9-12-26(24(28)16-22)31-14-13-21(17-31)29-25(18-32)19(2)3/h7-12,16,19,21,25,29,32H,5-6,13-15,17-18H2,1-4H3. The number of amides is 1. The van der Waals surface area contributed by atoms with Crippen LogP contribution in [0.5, 0.6) is 5.75 Å². The van der Waals surface area contributed by atoms with E-state index in [0.717, 1.165) is 31.6 Å². The van der Waals surface area contributed by atoms with Gasteiger partial charge in [0.05, 0.1) is 18.9 Å². The molecule has 34 heavy (non-hydrogen) atoms. The van der Waals surface area contributed by atoms with Gasteiger partial charge in [-0.2, -0.15) is 0 Å². The maximum absolute atomic E-state index is 15.1. The zero-order valence-corrected chi connectivity index (χ0v) is 20.8. The highest BCUT2D eigenvalue weighted by atomic mass is 19.1. The molecule has 7 heteroatoms. The number of nitrogens with one attached hydrogen (secondary N) is 1. The highest BCUT2D eigenvalue weighted by molar-refractivity contribution is 6.05. The number of aliphatic hydroxyl groups is 1. The highest BCUT2D eigenvalue weighted by Crippen LogP contribution is 2.28. The lowest BCUT2D eigenvalue weighted by Crippen LogP contribution is -2.45. The van der Waals surface area contributed by atoms with Crippen molar-refractivity contribution in [3.8, 4) is 5.75 Å². The number of aliphatic hydroxyl groups excluding tert-OH is 1. The fourth-order valence-corrected chi connectivity index (χ4v) is 4.17. The number of carbonyl (C=O) groups excluding carboxylic acids is 1. The molecule has 2 aromatic rings. The molecule has 1 aliphatic rings. The molecule has 0 bridgehead atoms. The van der Waals surface area contributed by atoms with Crippen LogP contribution in [0.3, 0.4) is 0 Å². The largest absolute Gasteiger partial charge is 0.494 e. The van der Waals surface area contributed by atoms with Crippen molar-refractivity contribution in [1.82, 2.24) is 5.32 Å². The van der Waals surface area contributed by atoms with Gasteiger partial charge in [0.15, 0.2) is 0 Å². The first-order valence-corrected chi connectivity index (χ1v) is 12.3. The van der Waals surface area contributed by atoms with Gasteiger partial charge in [0.2, 0.25) is 0 Å². The van der Waals surface area contributed by atoms with Crippen LogP contribution in [-0.2, 0) is 0 Å². The maximum Gasteiger partial charge on any atom is 0.258 e. The van der Waals surface area contributed by atoms with Crippen molar-refractivity contribution in [1.29, 1.82) is 0 Å². The average molecular weight is 472 g/mol. The van der Waals surface area contributed by atoms with E-state index in [1.165, 1.54) is 11.0 Å². The molecule has 2 unspecified atom stereocenters. The normalized spacial score (nSPS) is 16.7. The van der Waals surface area contributed by atoms with Crippen LogP contribution in [0.15, 0.2) is 42.5 Å². The molecular weight excluding hydrogens is 433 g/mol. The second-order valence-corrected chi connectivity index (χ2v) is 9.36. The summed E-state index contributed by atoms with van der Waals surface area (Å²) < 4.78 is 20.7. The summed E-state index contributed by atoms with van der Waals surface area (Å²) in [5, 5.41) is 13.1. The van der Waals surface area contributed by atoms with Gasteiger partial charge >= 0.3 is 0 Å². The molecule has 0 spiro atoms. The lowest BCUT2D eigenvalue weighted by atomic mass is 10.0. The zero-order valence-electron chi connectivity index (χ0n) is 20.8. The van der Waals surface area contributed by atoms with Gasteiger partial charge in [-0.3, -0.25) is 4.79 Å². The minimum absolute atomic E-state index is 0.0359. The Morgan fingerprint density at radius 1 is 1.26 bits per heavy atom. The molecule has 0 radical (unpaired) electrons. The molecule has 2 atom stereocenters. The van der Waals surface area contributed by atoms with Gasteiger partial charge in [-0.15, -0.1) is 0 Å². The van der Waals surface area contributed by atoms with Gasteiger partial charge in [-0.05, 0) is 61.2 Å². The minimum atomic E-state index is -0.347. The smallest absolute Gasteiger partial charge is 0.258 e. The molecule has 1 fully saturated rings. The Balaban J connectivity index is 1.62. The zero-order chi connectivity index (χ0) is 24.7. The number of hydrogen-bond donors (Lipinski definition) is 2. The fraction of sp³-hybridized carbons (Fsp3) is 0.519. The summed E-state index contributed by atoms with van der Waals surface area (Å²) >= 11 is 0. The lowest BCUT2D eigenvalue weighted by molar-refractivity contribution is 0.0993. The van der Waals surface area contributed by atoms with Gasteiger partial charge in [0, 0.05) is 43.5 Å². The van der Waals surface area contributed by atoms with Crippen LogP contribution in [0.1, 0.15) is 50.4 Å². The van der Waals surface area contributed by atoms with E-state index in [0.29, 0.717) is 36.0 Å². The Bertz CT molecular complexity index is 935. The number of ether oxygens (including phenoxy) is 1. The average Bonchev–Trinajstić information content (AvgIpc) is 3.30. The lowest BCUT2D eigenvalue weighted by Gasteiger charge is -2.25. The summed E-state index contributed by atoms with van der Waals surface area (Å²) in [6.07, 6.45) is 2.94. The summed E-state index contributed by atoms with van der Waals surface area (Å²) in [6, 6.07) is 12.2. The topological polar surface area (TPSA) is 65.0 Å². The molecule has 0 aromatic heterocycles. The molecule has 1 amide bonds. The Morgan fingerprint density at radius 3 is 2.62 bits per heavy atom. The van der Waals surface area contributed by atoms with Gasteiger partial charge in [-0.25, -0.2) is 4.39 Å². The molecule has 1 aliphatic heterocycles. The van der Waals surface area contributed by atoms with Crippen molar-refractivity contribution in [3.05, 3.63) is 53.8 Å². The predicted octanol–water partition coefficient (Wildman–Crippen LogP) is 4.47. The number of nitrogens with zero attached hydrogens (tertiary/aromatic N) is 2. The van der Waals surface area contributed by atoms with Crippen molar-refractivity contribution >= 4 is 17.3 Å². The predicted molar refractivity (Wildman–Crippen MR) is 135 cm³/mol. The van der Waals surface area contributed by atoms with Crippen molar-refractivity contribution in [2.24, 2.45) is 5.92 Å². The summed E-state index contributed by atoms with van der Waals surface area (Å²) in [6.45, 7) is 8.43. The van der Waals surface area contributed by atoms with E-state index in [1.54, 1.807) is 43.4 Å². The van der Waals surface area contributed by atoms with Gasteiger partial charge in [0.1, 0.15) is 11.6 Å². The molecule has 1 heterocycles. The second-order valence-electron chi connectivity index (χ2n) is 9.36. The Morgan fingerprint density at radius 2 is 2.00 bits per heavy atom. The van der Waals surface area contributed by atoms with E-state index in [-0.39, 0.29) is 30.4 Å². The van der Waals surface area contributed by atoms with Crippen LogP contribution in [0, 0.1) is 11.7 Å². The van der Waals surface area contributed by atoms with E-state index in [2.05, 4.69) is 26.1 Å². The molecule has 0 aliphatic carbocycles. The minimum Gasteiger partial charge on any atom is -0.494 e. The number of benzene rings is 2. The molecule has 2 aromatic carbocycles. The van der Waals surface area contributed by atoms with E-state index < -0.39 is 0 Å². The first kappa shape index (κ1) is 26.0. The van der Waals surface area contributed by atoms with Gasteiger partial charge < -0.3 is 25.0 Å². The molecule has 186 valence electrons. The number of carbonyl (C=O) groups is 1. The van der Waals surface area contributed by atoms with Gasteiger partial charge in [0.25, 0.3) is 5.91 Å². The highest BCUT2D eigenvalue weighted by Gasteiger charge is 2.27. The third kappa shape index (κ3) is 6.48. The van der Waals surface area contributed by atoms with Crippen LogP contribution < -0.4 is 19.9 Å². The van der Waals surface area contributed by atoms with Crippen LogP contribution >= 0.6 is 0 Å². The number of anilines is 2. The second kappa shape index (κ2) is 12.2. The Kier molecular flexibility index (Phi) is 9.30. The number of hydrogen-bond acceptors (Lipinski definition) is 5. The molecule has 3 rings (SSSR count). The summed E-state index contributed by atoms with van der Waals surface area (Å²) in [4.78, 5) is 16.4. The van der Waals surface area contributed by atoms with Crippen LogP contribution in [0.4, 0.5) is 15.8 Å². The molecule has 6 nitrogen and oxygen atoms in total. The number of rotatable bonds is 11. The first-order chi connectivity index (χ1) is 16.3. The van der Waals surface area contributed by atoms with Crippen molar-refractivity contribution < 1.29 is 19.0 Å². The molecular formula is C27H38FN3O3. The van der Waals surface area contributed by atoms with Crippen LogP contribution in [-0.4, -0.2) is 56.4 Å². The first-order valence-electron chi connectivity index (χ1n) is 12.3. The monoisotopic (exact) mass is 471 g/mol. The number of unbranched alkanes of at least 4 members (excludes halogenated alkanes) is 1. The van der Waals surface area contributed by atoms with E-state index in [4.69, 9.17) is 4.74 Å². The summed E-state index contributed by atoms with van der Waals surface area (Å²) in [5.41, 5.74) is 1.56. The fourth-order valence-electron chi connectivity index (χ4n) is 4.17. The van der Waals surface area contributed by atoms with Crippen molar-refractivity contribution in [2.75, 3.05) is 43.2 Å². The third-order valence-electron chi connectivity index (χ3n) is 6.47. The van der Waals surface area contributed by atoms with Crippen molar-refractivity contribution in [2.45, 2.75) is 52.1 Å². The van der Waals surface area contributed by atoms with Crippen molar-refractivity contribution in [3.63, 3.8) is 0 Å².